The Morgan fingerprint density at radius 3 is 1.93 bits per heavy atom. The molecule has 1 aromatic heterocycles. The largest absolute Gasteiger partial charge is 0.456 e. The van der Waals surface area contributed by atoms with Gasteiger partial charge < -0.3 is 9.32 Å². The van der Waals surface area contributed by atoms with E-state index in [1.165, 1.54) is 83.9 Å². The van der Waals surface area contributed by atoms with E-state index in [9.17, 15) is 0 Å². The Balaban J connectivity index is 0.985. The summed E-state index contributed by atoms with van der Waals surface area (Å²) in [6.07, 6.45) is 10.3. The van der Waals surface area contributed by atoms with Gasteiger partial charge in [0, 0.05) is 33.1 Å². The summed E-state index contributed by atoms with van der Waals surface area (Å²) in [5, 5.41) is 2.25. The second-order valence-electron chi connectivity index (χ2n) is 17.6. The van der Waals surface area contributed by atoms with Crippen molar-refractivity contribution >= 4 is 39.0 Å². The molecule has 4 fully saturated rings. The van der Waals surface area contributed by atoms with Gasteiger partial charge in [-0.25, -0.2) is 0 Å². The number of anilines is 3. The van der Waals surface area contributed by atoms with Gasteiger partial charge in [-0.1, -0.05) is 115 Å². The molecule has 0 radical (unpaired) electrons. The van der Waals surface area contributed by atoms with E-state index in [1.54, 1.807) is 5.56 Å². The van der Waals surface area contributed by atoms with Gasteiger partial charge in [0.15, 0.2) is 0 Å². The first-order valence-corrected chi connectivity index (χ1v) is 20.7. The molecule has 12 rings (SSSR count). The predicted octanol–water partition coefficient (Wildman–Crippen LogP) is 15.0. The molecule has 0 saturated heterocycles. The van der Waals surface area contributed by atoms with Crippen LogP contribution in [0.1, 0.15) is 56.1 Å². The molecular weight excluding hydrogens is 679 g/mol. The van der Waals surface area contributed by atoms with Gasteiger partial charge in [-0.15, -0.1) is 0 Å². The summed E-state index contributed by atoms with van der Waals surface area (Å²) in [6, 6.07) is 60.4. The van der Waals surface area contributed by atoms with Crippen LogP contribution < -0.4 is 4.90 Å². The first-order valence-electron chi connectivity index (χ1n) is 20.7. The highest BCUT2D eigenvalue weighted by molar-refractivity contribution is 6.07. The third kappa shape index (κ3) is 4.44. The number of fused-ring (bicyclic) bond motifs is 4. The van der Waals surface area contributed by atoms with Crippen molar-refractivity contribution in [3.63, 3.8) is 0 Å². The van der Waals surface area contributed by atoms with E-state index in [2.05, 4.69) is 170 Å². The van der Waals surface area contributed by atoms with Crippen LogP contribution in [0.25, 0.3) is 55.3 Å². The van der Waals surface area contributed by atoms with Crippen molar-refractivity contribution in [2.45, 2.75) is 57.3 Å². The van der Waals surface area contributed by atoms with Crippen molar-refractivity contribution in [3.05, 3.63) is 175 Å². The van der Waals surface area contributed by atoms with Gasteiger partial charge in [0.1, 0.15) is 11.2 Å². The summed E-state index contributed by atoms with van der Waals surface area (Å²) in [7, 11) is 0. The van der Waals surface area contributed by atoms with Crippen molar-refractivity contribution in [2.24, 2.45) is 16.7 Å². The van der Waals surface area contributed by atoms with Crippen LogP contribution in [0.3, 0.4) is 0 Å². The molecule has 4 unspecified atom stereocenters. The lowest BCUT2D eigenvalue weighted by Gasteiger charge is -2.59. The fourth-order valence-electron chi connectivity index (χ4n) is 12.8. The topological polar surface area (TPSA) is 16.4 Å². The van der Waals surface area contributed by atoms with Gasteiger partial charge in [0.25, 0.3) is 0 Å². The normalized spacial score (nSPS) is 24.4. The summed E-state index contributed by atoms with van der Waals surface area (Å²) in [4.78, 5) is 2.46. The summed E-state index contributed by atoms with van der Waals surface area (Å²) < 4.78 is 6.31. The molecule has 2 nitrogen and oxygen atoms in total. The van der Waals surface area contributed by atoms with Crippen LogP contribution in [-0.4, -0.2) is 0 Å². The van der Waals surface area contributed by atoms with Gasteiger partial charge >= 0.3 is 0 Å². The van der Waals surface area contributed by atoms with E-state index >= 15 is 0 Å². The molecule has 56 heavy (non-hydrogen) atoms. The summed E-state index contributed by atoms with van der Waals surface area (Å²) >= 11 is 0. The quantitative estimate of drug-likeness (QED) is 0.163. The van der Waals surface area contributed by atoms with Crippen LogP contribution in [0.15, 0.2) is 168 Å². The molecule has 7 aromatic carbocycles. The second-order valence-corrected chi connectivity index (χ2v) is 17.6. The zero-order chi connectivity index (χ0) is 37.1. The van der Waals surface area contributed by atoms with Crippen molar-refractivity contribution in [1.82, 2.24) is 0 Å². The van der Waals surface area contributed by atoms with E-state index in [-0.39, 0.29) is 0 Å². The zero-order valence-electron chi connectivity index (χ0n) is 32.0. The van der Waals surface area contributed by atoms with Crippen LogP contribution in [0.4, 0.5) is 17.1 Å². The average molecular weight is 724 g/mol. The first-order chi connectivity index (χ1) is 27.5. The standard InChI is InChI=1S/C54H45NO/c1-36-30-41(39-16-20-43(21-17-39)53-28-26-52-27-29-54(52,53)35-37(33-52)34-53)18-23-48(36)55(44-22-25-51-47(32-44)45-14-8-9-15-50(45)56-51)49-24-19-42(38-10-4-2-5-11-38)31-46(49)40-12-6-3-7-13-40/h2-25,30-32,37H,26-29,33-35H2,1H3. The van der Waals surface area contributed by atoms with E-state index in [4.69, 9.17) is 4.42 Å². The highest BCUT2D eigenvalue weighted by Gasteiger charge is 2.79. The molecule has 2 heteroatoms. The fourth-order valence-corrected chi connectivity index (χ4v) is 12.8. The zero-order valence-corrected chi connectivity index (χ0v) is 32.0. The number of rotatable bonds is 7. The predicted molar refractivity (Wildman–Crippen MR) is 232 cm³/mol. The Kier molecular flexibility index (Phi) is 6.84. The molecule has 0 aliphatic heterocycles. The van der Waals surface area contributed by atoms with Gasteiger partial charge in [0.2, 0.25) is 0 Å². The Bertz CT molecular complexity index is 2820. The minimum absolute atomic E-state index is 0.431. The Morgan fingerprint density at radius 1 is 0.500 bits per heavy atom. The monoisotopic (exact) mass is 723 g/mol. The van der Waals surface area contributed by atoms with Gasteiger partial charge in [-0.2, -0.15) is 0 Å². The number of hydrogen-bond donors (Lipinski definition) is 0. The molecule has 1 spiro atoms. The fraction of sp³-hybridized carbons (Fsp3) is 0.222. The minimum Gasteiger partial charge on any atom is -0.456 e. The molecular formula is C54H45NO. The van der Waals surface area contributed by atoms with Crippen LogP contribution >= 0.6 is 0 Å². The van der Waals surface area contributed by atoms with E-state index in [0.717, 1.165) is 44.9 Å². The number of furan rings is 1. The van der Waals surface area contributed by atoms with Crippen LogP contribution in [-0.2, 0) is 5.41 Å². The number of nitrogens with zero attached hydrogens (tertiary/aromatic N) is 1. The van der Waals surface area contributed by atoms with Crippen LogP contribution in [0.5, 0.6) is 0 Å². The number of para-hydroxylation sites is 1. The minimum atomic E-state index is 0.431. The lowest BCUT2D eigenvalue weighted by atomic mass is 9.44. The summed E-state index contributed by atoms with van der Waals surface area (Å²) in [5.41, 5.74) is 17.1. The SMILES string of the molecule is Cc1cc(-c2ccc(C34CCC56CCC53CC(C6)C4)cc2)ccc1N(c1ccc2oc3ccccc3c2c1)c1ccc(-c2ccccc2)cc1-c1ccccc1. The lowest BCUT2D eigenvalue weighted by Crippen LogP contribution is -2.53. The maximum Gasteiger partial charge on any atom is 0.135 e. The molecule has 0 amide bonds. The maximum absolute atomic E-state index is 6.31. The van der Waals surface area contributed by atoms with Gasteiger partial charge in [-0.3, -0.25) is 0 Å². The third-order valence-electron chi connectivity index (χ3n) is 15.2. The number of hydrogen-bond acceptors (Lipinski definition) is 2. The third-order valence-corrected chi connectivity index (χ3v) is 15.2. The molecule has 2 bridgehead atoms. The Hall–Kier alpha value is -5.86. The van der Waals surface area contributed by atoms with Gasteiger partial charge in [0.05, 0.1) is 5.69 Å². The van der Waals surface area contributed by atoms with Crippen molar-refractivity contribution < 1.29 is 4.42 Å². The van der Waals surface area contributed by atoms with Crippen molar-refractivity contribution in [3.8, 4) is 33.4 Å². The summed E-state index contributed by atoms with van der Waals surface area (Å²) in [6.45, 7) is 2.27. The maximum atomic E-state index is 6.31. The van der Waals surface area contributed by atoms with E-state index < -0.39 is 0 Å². The lowest BCUT2D eigenvalue weighted by molar-refractivity contribution is -0.0676. The highest BCUT2D eigenvalue weighted by Crippen LogP contribution is 2.87. The van der Waals surface area contributed by atoms with Crippen molar-refractivity contribution in [1.29, 1.82) is 0 Å². The highest BCUT2D eigenvalue weighted by atomic mass is 16.3. The van der Waals surface area contributed by atoms with E-state index in [0.29, 0.717) is 16.2 Å². The molecule has 0 N–H and O–H groups in total. The summed E-state index contributed by atoms with van der Waals surface area (Å²) in [5.74, 6) is 0.961. The molecule has 4 atom stereocenters. The molecule has 4 aliphatic carbocycles. The molecule has 4 saturated carbocycles. The van der Waals surface area contributed by atoms with E-state index in [1.807, 2.05) is 6.07 Å². The van der Waals surface area contributed by atoms with Crippen molar-refractivity contribution in [2.75, 3.05) is 4.90 Å². The number of benzene rings is 7. The smallest absolute Gasteiger partial charge is 0.135 e. The Labute approximate surface area is 329 Å². The molecule has 272 valence electrons. The average Bonchev–Trinajstić information content (AvgIpc) is 3.85. The second kappa shape index (κ2) is 11.8. The molecule has 8 aromatic rings. The molecule has 1 heterocycles. The first kappa shape index (κ1) is 32.4. The van der Waals surface area contributed by atoms with Crippen LogP contribution in [0, 0.1) is 23.7 Å². The van der Waals surface area contributed by atoms with Gasteiger partial charge in [-0.05, 0) is 156 Å². The Morgan fingerprint density at radius 2 is 1.16 bits per heavy atom. The van der Waals surface area contributed by atoms with Crippen LogP contribution in [0.2, 0.25) is 0 Å². The number of aryl methyl sites for hydroxylation is 1. The molecule has 4 aliphatic rings.